The minimum atomic E-state index is -4.53. The van der Waals surface area contributed by atoms with Crippen LogP contribution in [0.1, 0.15) is 5.82 Å². The second-order valence-corrected chi connectivity index (χ2v) is 2.69. The summed E-state index contributed by atoms with van der Waals surface area (Å²) in [5.74, 6) is -1.21. The minimum absolute atomic E-state index is 0.0511. The van der Waals surface area contributed by atoms with E-state index >= 15 is 0 Å². The molecule has 0 saturated heterocycles. The summed E-state index contributed by atoms with van der Waals surface area (Å²) in [6.07, 6.45) is -3.63. The summed E-state index contributed by atoms with van der Waals surface area (Å²) in [5, 5.41) is 0. The molecule has 1 heterocycles. The van der Waals surface area contributed by atoms with Crippen molar-refractivity contribution in [3.8, 4) is 0 Å². The first-order valence-corrected chi connectivity index (χ1v) is 3.56. The van der Waals surface area contributed by atoms with Crippen molar-refractivity contribution in [1.82, 2.24) is 9.97 Å². The smallest absolute Gasteiger partial charge is 0.395 e. The van der Waals surface area contributed by atoms with E-state index in [0.717, 1.165) is 6.20 Å². The quantitative estimate of drug-likeness (QED) is 0.706. The van der Waals surface area contributed by atoms with Gasteiger partial charge >= 0.3 is 6.18 Å². The van der Waals surface area contributed by atoms with Gasteiger partial charge in [-0.3, -0.25) is 0 Å². The van der Waals surface area contributed by atoms with Gasteiger partial charge in [-0.2, -0.15) is 13.2 Å². The number of halogens is 4. The van der Waals surface area contributed by atoms with Crippen LogP contribution >= 0.6 is 15.9 Å². The Balaban J connectivity index is 3.14. The first-order valence-electron chi connectivity index (χ1n) is 2.76. The molecule has 66 valence electrons. The van der Waals surface area contributed by atoms with E-state index in [0.29, 0.717) is 0 Å². The van der Waals surface area contributed by atoms with Crippen molar-refractivity contribution >= 4 is 21.6 Å². The van der Waals surface area contributed by atoms with Crippen LogP contribution in [-0.4, -0.2) is 9.97 Å². The third-order valence-electron chi connectivity index (χ3n) is 1.02. The van der Waals surface area contributed by atoms with Gasteiger partial charge in [-0.05, 0) is 15.9 Å². The second-order valence-electron chi connectivity index (χ2n) is 1.94. The summed E-state index contributed by atoms with van der Waals surface area (Å²) in [6.45, 7) is 0. The highest BCUT2D eigenvalue weighted by Gasteiger charge is 2.34. The summed E-state index contributed by atoms with van der Waals surface area (Å²) in [4.78, 5) is 6.12. The third-order valence-corrected chi connectivity index (χ3v) is 1.66. The predicted molar refractivity (Wildman–Crippen MR) is 39.1 cm³/mol. The maximum atomic E-state index is 11.9. The van der Waals surface area contributed by atoms with E-state index in [-0.39, 0.29) is 10.3 Å². The van der Waals surface area contributed by atoms with E-state index in [1.165, 1.54) is 0 Å². The molecule has 0 aliphatic carbocycles. The minimum Gasteiger partial charge on any atom is -0.395 e. The monoisotopic (exact) mass is 241 g/mol. The van der Waals surface area contributed by atoms with Crippen LogP contribution in [0.25, 0.3) is 0 Å². The summed E-state index contributed by atoms with van der Waals surface area (Å²) in [6, 6.07) is 0. The Hall–Kier alpha value is -0.850. The van der Waals surface area contributed by atoms with Gasteiger partial charge in [0.25, 0.3) is 0 Å². The average molecular weight is 242 g/mol. The van der Waals surface area contributed by atoms with Gasteiger partial charge in [0.1, 0.15) is 4.60 Å². The van der Waals surface area contributed by atoms with Gasteiger partial charge in [-0.1, -0.05) is 0 Å². The van der Waals surface area contributed by atoms with E-state index < -0.39 is 12.0 Å². The molecule has 0 saturated carbocycles. The molecule has 0 radical (unpaired) electrons. The zero-order chi connectivity index (χ0) is 9.35. The van der Waals surface area contributed by atoms with Crippen LogP contribution in [0.2, 0.25) is 0 Å². The van der Waals surface area contributed by atoms with Gasteiger partial charge in [-0.25, -0.2) is 9.97 Å². The summed E-state index contributed by atoms with van der Waals surface area (Å²) in [5.41, 5.74) is 5.26. The molecule has 1 aromatic heterocycles. The first kappa shape index (κ1) is 9.24. The molecule has 0 amide bonds. The highest BCUT2D eigenvalue weighted by molar-refractivity contribution is 9.10. The molecule has 3 nitrogen and oxygen atoms in total. The SMILES string of the molecule is Nc1cnc(C(F)(F)F)nc1Br. The summed E-state index contributed by atoms with van der Waals surface area (Å²) < 4.78 is 35.7. The van der Waals surface area contributed by atoms with Crippen molar-refractivity contribution in [2.24, 2.45) is 0 Å². The number of aromatic nitrogens is 2. The molecule has 0 fully saturated rings. The molecule has 0 aromatic carbocycles. The van der Waals surface area contributed by atoms with Crippen molar-refractivity contribution in [1.29, 1.82) is 0 Å². The van der Waals surface area contributed by atoms with Crippen LogP contribution < -0.4 is 5.73 Å². The highest BCUT2D eigenvalue weighted by atomic mass is 79.9. The van der Waals surface area contributed by atoms with E-state index in [1.807, 2.05) is 0 Å². The fourth-order valence-electron chi connectivity index (χ4n) is 0.507. The Labute approximate surface area is 73.9 Å². The molecule has 1 aromatic rings. The van der Waals surface area contributed by atoms with Crippen molar-refractivity contribution in [3.63, 3.8) is 0 Å². The van der Waals surface area contributed by atoms with Gasteiger partial charge in [-0.15, -0.1) is 0 Å². The highest BCUT2D eigenvalue weighted by Crippen LogP contribution is 2.27. The largest absolute Gasteiger partial charge is 0.451 e. The molecule has 0 spiro atoms. The van der Waals surface area contributed by atoms with E-state index in [4.69, 9.17) is 5.73 Å². The summed E-state index contributed by atoms with van der Waals surface area (Å²) >= 11 is 2.76. The van der Waals surface area contributed by atoms with Gasteiger partial charge < -0.3 is 5.73 Å². The molecule has 0 aliphatic rings. The number of anilines is 1. The second kappa shape index (κ2) is 2.89. The van der Waals surface area contributed by atoms with Crippen LogP contribution in [0.3, 0.4) is 0 Å². The Morgan fingerprint density at radius 1 is 1.42 bits per heavy atom. The van der Waals surface area contributed by atoms with Gasteiger partial charge in [0, 0.05) is 0 Å². The molecule has 0 bridgehead atoms. The third kappa shape index (κ3) is 1.84. The van der Waals surface area contributed by atoms with Crippen LogP contribution in [0, 0.1) is 0 Å². The van der Waals surface area contributed by atoms with E-state index in [2.05, 4.69) is 25.9 Å². The first-order chi connectivity index (χ1) is 5.41. The Kier molecular flexibility index (Phi) is 2.22. The zero-order valence-electron chi connectivity index (χ0n) is 5.56. The lowest BCUT2D eigenvalue weighted by Crippen LogP contribution is -2.11. The topological polar surface area (TPSA) is 51.8 Å². The number of hydrogen-bond donors (Lipinski definition) is 1. The standard InChI is InChI=1S/C5H3BrF3N3/c6-3-2(10)1-11-4(12-3)5(7,8)9/h1H,10H2. The van der Waals surface area contributed by atoms with Crippen molar-refractivity contribution in [2.75, 3.05) is 5.73 Å². The molecular weight excluding hydrogens is 239 g/mol. The average Bonchev–Trinajstić information content (AvgIpc) is 1.92. The van der Waals surface area contributed by atoms with Crippen molar-refractivity contribution in [2.45, 2.75) is 6.18 Å². The summed E-state index contributed by atoms with van der Waals surface area (Å²) in [7, 11) is 0. The van der Waals surface area contributed by atoms with Crippen molar-refractivity contribution in [3.05, 3.63) is 16.6 Å². The van der Waals surface area contributed by atoms with Gasteiger partial charge in [0.2, 0.25) is 5.82 Å². The number of hydrogen-bond acceptors (Lipinski definition) is 3. The molecule has 12 heavy (non-hydrogen) atoms. The predicted octanol–water partition coefficient (Wildman–Crippen LogP) is 1.84. The zero-order valence-corrected chi connectivity index (χ0v) is 7.15. The Morgan fingerprint density at radius 2 is 2.00 bits per heavy atom. The van der Waals surface area contributed by atoms with Crippen LogP contribution in [0.4, 0.5) is 18.9 Å². The molecule has 0 atom stereocenters. The lowest BCUT2D eigenvalue weighted by atomic mass is 10.5. The van der Waals surface area contributed by atoms with E-state index in [9.17, 15) is 13.2 Å². The van der Waals surface area contributed by atoms with E-state index in [1.54, 1.807) is 0 Å². The van der Waals surface area contributed by atoms with Gasteiger partial charge in [0.15, 0.2) is 0 Å². The number of nitrogen functional groups attached to an aromatic ring is 1. The lowest BCUT2D eigenvalue weighted by molar-refractivity contribution is -0.145. The fraction of sp³-hybridized carbons (Fsp3) is 0.200. The number of rotatable bonds is 0. The van der Waals surface area contributed by atoms with Crippen LogP contribution in [0.15, 0.2) is 10.8 Å². The molecule has 7 heteroatoms. The molecule has 1 rings (SSSR count). The van der Waals surface area contributed by atoms with Crippen LogP contribution in [-0.2, 0) is 6.18 Å². The number of nitrogens with zero attached hydrogens (tertiary/aromatic N) is 2. The number of nitrogens with two attached hydrogens (primary N) is 1. The Morgan fingerprint density at radius 3 is 2.42 bits per heavy atom. The normalized spacial score (nSPS) is 11.7. The van der Waals surface area contributed by atoms with Gasteiger partial charge in [0.05, 0.1) is 11.9 Å². The molecular formula is C5H3BrF3N3. The fourth-order valence-corrected chi connectivity index (χ4v) is 0.777. The van der Waals surface area contributed by atoms with Crippen molar-refractivity contribution < 1.29 is 13.2 Å². The molecule has 0 unspecified atom stereocenters. The maximum absolute atomic E-state index is 11.9. The molecule has 0 aliphatic heterocycles. The lowest BCUT2D eigenvalue weighted by Gasteiger charge is -2.04. The number of alkyl halides is 3. The maximum Gasteiger partial charge on any atom is 0.451 e. The Bertz CT molecular complexity index is 298. The molecule has 2 N–H and O–H groups in total. The van der Waals surface area contributed by atoms with Crippen LogP contribution in [0.5, 0.6) is 0 Å².